The molecule has 0 atom stereocenters. The molecule has 0 bridgehead atoms. The highest BCUT2D eigenvalue weighted by atomic mass is 32.2. The third kappa shape index (κ3) is 3.18. The Morgan fingerprint density at radius 1 is 1.03 bits per heavy atom. The maximum Gasteiger partial charge on any atom is 0.112 e. The highest BCUT2D eigenvalue weighted by molar-refractivity contribution is 8.00. The van der Waals surface area contributed by atoms with Crippen LogP contribution in [0.25, 0.3) is 33.3 Å². The predicted molar refractivity (Wildman–Crippen MR) is 124 cm³/mol. The molecule has 0 saturated heterocycles. The summed E-state index contributed by atoms with van der Waals surface area (Å²) >= 11 is 4.86. The van der Waals surface area contributed by atoms with E-state index >= 15 is 0 Å². The minimum atomic E-state index is 0.740. The number of fused-ring (bicyclic) bond motifs is 1. The van der Waals surface area contributed by atoms with Gasteiger partial charge in [-0.2, -0.15) is 5.26 Å². The van der Waals surface area contributed by atoms with Crippen LogP contribution in [0.5, 0.6) is 0 Å². The van der Waals surface area contributed by atoms with Crippen molar-refractivity contribution in [1.29, 1.82) is 5.26 Å². The molecule has 3 heterocycles. The molecule has 2 aromatic carbocycles. The van der Waals surface area contributed by atoms with Crippen molar-refractivity contribution in [3.8, 4) is 28.5 Å². The number of rotatable bonds is 4. The van der Waals surface area contributed by atoms with E-state index in [-0.39, 0.29) is 0 Å². The second kappa shape index (κ2) is 7.53. The van der Waals surface area contributed by atoms with Gasteiger partial charge in [0.05, 0.1) is 22.4 Å². The minimum Gasteiger partial charge on any atom is -0.278 e. The molecule has 0 spiro atoms. The monoisotopic (exact) mass is 429 g/mol. The number of aromatic nitrogens is 2. The SMILES string of the molecule is Cc1ncc(Sn2c(-c3ccccc3)c(-c3ccsc3C#N)c3ccccc32)s1. The summed E-state index contributed by atoms with van der Waals surface area (Å²) in [5, 5.41) is 13.9. The third-order valence-electron chi connectivity index (χ3n) is 4.70. The van der Waals surface area contributed by atoms with Crippen LogP contribution in [0.1, 0.15) is 9.88 Å². The van der Waals surface area contributed by atoms with Crippen LogP contribution in [0.4, 0.5) is 0 Å². The van der Waals surface area contributed by atoms with Crippen molar-refractivity contribution in [3.05, 3.63) is 82.1 Å². The number of nitrogens with zero attached hydrogens (tertiary/aromatic N) is 3. The fraction of sp³-hybridized carbons (Fsp3) is 0.0435. The number of hydrogen-bond donors (Lipinski definition) is 0. The van der Waals surface area contributed by atoms with Gasteiger partial charge in [-0.05, 0) is 30.0 Å². The highest BCUT2D eigenvalue weighted by Gasteiger charge is 2.23. The van der Waals surface area contributed by atoms with Gasteiger partial charge in [0.1, 0.15) is 15.2 Å². The molecule has 29 heavy (non-hydrogen) atoms. The molecular formula is C23H15N3S3. The molecule has 0 radical (unpaired) electrons. The molecular weight excluding hydrogens is 414 g/mol. The molecule has 3 nitrogen and oxygen atoms in total. The third-order valence-corrected chi connectivity index (χ3v) is 7.54. The average molecular weight is 430 g/mol. The Kier molecular flexibility index (Phi) is 4.72. The molecule has 0 aliphatic heterocycles. The van der Waals surface area contributed by atoms with Gasteiger partial charge in [-0.3, -0.25) is 3.97 Å². The first-order chi connectivity index (χ1) is 14.3. The lowest BCUT2D eigenvalue weighted by Gasteiger charge is -2.11. The Labute approximate surface area is 181 Å². The molecule has 140 valence electrons. The van der Waals surface area contributed by atoms with Crippen LogP contribution >= 0.6 is 34.6 Å². The molecule has 0 aliphatic rings. The van der Waals surface area contributed by atoms with Crippen molar-refractivity contribution < 1.29 is 0 Å². The van der Waals surface area contributed by atoms with E-state index in [0.717, 1.165) is 47.4 Å². The van der Waals surface area contributed by atoms with Gasteiger partial charge >= 0.3 is 0 Å². The van der Waals surface area contributed by atoms with Crippen LogP contribution in [-0.2, 0) is 0 Å². The summed E-state index contributed by atoms with van der Waals surface area (Å²) in [6, 6.07) is 23.2. The van der Waals surface area contributed by atoms with Crippen LogP contribution in [0.15, 0.2) is 76.4 Å². The van der Waals surface area contributed by atoms with Crippen molar-refractivity contribution in [3.63, 3.8) is 0 Å². The van der Waals surface area contributed by atoms with Gasteiger partial charge in [0.2, 0.25) is 0 Å². The molecule has 0 fully saturated rings. The maximum absolute atomic E-state index is 9.69. The topological polar surface area (TPSA) is 41.6 Å². The minimum absolute atomic E-state index is 0.740. The number of nitriles is 1. The van der Waals surface area contributed by atoms with E-state index in [1.54, 1.807) is 23.3 Å². The van der Waals surface area contributed by atoms with Gasteiger partial charge in [-0.1, -0.05) is 48.5 Å². The largest absolute Gasteiger partial charge is 0.278 e. The molecule has 0 aliphatic carbocycles. The van der Waals surface area contributed by atoms with E-state index in [1.807, 2.05) is 24.6 Å². The number of para-hydroxylation sites is 1. The van der Waals surface area contributed by atoms with Crippen molar-refractivity contribution in [1.82, 2.24) is 8.96 Å². The molecule has 0 N–H and O–H groups in total. The quantitative estimate of drug-likeness (QED) is 0.303. The van der Waals surface area contributed by atoms with Crippen LogP contribution < -0.4 is 0 Å². The van der Waals surface area contributed by atoms with Crippen molar-refractivity contribution in [2.45, 2.75) is 11.1 Å². The molecule has 5 aromatic rings. The summed E-state index contributed by atoms with van der Waals surface area (Å²) in [7, 11) is 0. The summed E-state index contributed by atoms with van der Waals surface area (Å²) < 4.78 is 3.42. The summed E-state index contributed by atoms with van der Waals surface area (Å²) in [5.41, 5.74) is 5.47. The lowest BCUT2D eigenvalue weighted by Crippen LogP contribution is -1.91. The Hall–Kier alpha value is -2.85. The van der Waals surface area contributed by atoms with E-state index in [1.165, 1.54) is 11.3 Å². The molecule has 0 amide bonds. The van der Waals surface area contributed by atoms with Crippen molar-refractivity contribution in [2.75, 3.05) is 0 Å². The standard InChI is InChI=1S/C23H15N3S3/c1-15-25-14-21(28-15)29-26-19-10-6-5-9-17(19)22(18-11-12-27-20(18)13-24)23(26)16-7-3-2-4-8-16/h2-12,14H,1H3. The van der Waals surface area contributed by atoms with Gasteiger partial charge in [0.25, 0.3) is 0 Å². The fourth-order valence-corrected chi connectivity index (χ4v) is 6.26. The van der Waals surface area contributed by atoms with Gasteiger partial charge in [0.15, 0.2) is 0 Å². The Balaban J connectivity index is 1.87. The van der Waals surface area contributed by atoms with Gasteiger partial charge < -0.3 is 0 Å². The predicted octanol–water partition coefficient (Wildman–Crippen LogP) is 7.23. The normalized spacial score (nSPS) is 11.0. The number of aryl methyl sites for hydroxylation is 1. The number of benzene rings is 2. The Bertz CT molecular complexity index is 1350. The lowest BCUT2D eigenvalue weighted by atomic mass is 9.99. The lowest BCUT2D eigenvalue weighted by molar-refractivity contribution is 1.27. The number of hydrogen-bond acceptors (Lipinski definition) is 5. The van der Waals surface area contributed by atoms with Crippen LogP contribution in [0, 0.1) is 18.3 Å². The summed E-state index contributed by atoms with van der Waals surface area (Å²) in [4.78, 5) is 5.16. The Morgan fingerprint density at radius 3 is 2.59 bits per heavy atom. The van der Waals surface area contributed by atoms with E-state index < -0.39 is 0 Å². The summed E-state index contributed by atoms with van der Waals surface area (Å²) in [6.07, 6.45) is 1.93. The zero-order chi connectivity index (χ0) is 19.8. The van der Waals surface area contributed by atoms with Gasteiger partial charge in [-0.25, -0.2) is 4.98 Å². The zero-order valence-electron chi connectivity index (χ0n) is 15.5. The smallest absolute Gasteiger partial charge is 0.112 e. The summed E-state index contributed by atoms with van der Waals surface area (Å²) in [6.45, 7) is 2.02. The second-order valence-electron chi connectivity index (χ2n) is 6.47. The molecule has 0 unspecified atom stereocenters. The second-order valence-corrected chi connectivity index (χ2v) is 9.86. The first-order valence-corrected chi connectivity index (χ1v) is 11.5. The van der Waals surface area contributed by atoms with Gasteiger partial charge in [0, 0.05) is 28.5 Å². The molecule has 3 aromatic heterocycles. The molecule has 6 heteroatoms. The first-order valence-electron chi connectivity index (χ1n) is 9.04. The summed E-state index contributed by atoms with van der Waals surface area (Å²) in [5.74, 6) is 0. The van der Waals surface area contributed by atoms with E-state index in [9.17, 15) is 5.26 Å². The van der Waals surface area contributed by atoms with Gasteiger partial charge in [-0.15, -0.1) is 22.7 Å². The average Bonchev–Trinajstić information content (AvgIpc) is 3.46. The molecule has 0 saturated carbocycles. The first kappa shape index (κ1) is 18.2. The zero-order valence-corrected chi connectivity index (χ0v) is 17.9. The molecule has 5 rings (SSSR count). The fourth-order valence-electron chi connectivity index (χ4n) is 3.50. The van der Waals surface area contributed by atoms with Crippen LogP contribution in [0.2, 0.25) is 0 Å². The number of thiazole rings is 1. The van der Waals surface area contributed by atoms with E-state index in [2.05, 4.69) is 69.6 Å². The Morgan fingerprint density at radius 2 is 1.83 bits per heavy atom. The van der Waals surface area contributed by atoms with E-state index in [4.69, 9.17) is 0 Å². The van der Waals surface area contributed by atoms with Crippen molar-refractivity contribution in [2.24, 2.45) is 0 Å². The van der Waals surface area contributed by atoms with Crippen LogP contribution in [0.3, 0.4) is 0 Å². The highest BCUT2D eigenvalue weighted by Crippen LogP contribution is 2.46. The van der Waals surface area contributed by atoms with Crippen molar-refractivity contribution >= 4 is 45.5 Å². The van der Waals surface area contributed by atoms with Crippen LogP contribution in [-0.4, -0.2) is 8.96 Å². The number of thiophene rings is 1. The van der Waals surface area contributed by atoms with E-state index in [0.29, 0.717) is 0 Å². The maximum atomic E-state index is 9.69.